The van der Waals surface area contributed by atoms with E-state index in [2.05, 4.69) is 10.1 Å². The third-order valence-electron chi connectivity index (χ3n) is 5.37. The molecule has 1 saturated heterocycles. The van der Waals surface area contributed by atoms with Crippen LogP contribution in [0.3, 0.4) is 0 Å². The van der Waals surface area contributed by atoms with Crippen molar-refractivity contribution in [3.8, 4) is 11.5 Å². The van der Waals surface area contributed by atoms with E-state index in [1.54, 1.807) is 36.4 Å². The molecule has 4 rings (SSSR count). The Labute approximate surface area is 212 Å². The SMILES string of the molecule is COC(=O)c1ccc(COc2ccc(/C=C3/C(=O)NC(=S)N(c4ccccc4C)C3=O)cc2OC)o1. The van der Waals surface area contributed by atoms with Gasteiger partial charge in [-0.05, 0) is 66.7 Å². The zero-order valence-corrected chi connectivity index (χ0v) is 20.5. The summed E-state index contributed by atoms with van der Waals surface area (Å²) in [5, 5.41) is 2.60. The van der Waals surface area contributed by atoms with E-state index >= 15 is 0 Å². The summed E-state index contributed by atoms with van der Waals surface area (Å²) in [7, 11) is 2.74. The molecule has 0 bridgehead atoms. The van der Waals surface area contributed by atoms with Crippen molar-refractivity contribution in [1.82, 2.24) is 5.32 Å². The van der Waals surface area contributed by atoms with E-state index in [0.29, 0.717) is 28.5 Å². The van der Waals surface area contributed by atoms with E-state index in [0.717, 1.165) is 5.56 Å². The first-order valence-corrected chi connectivity index (χ1v) is 11.2. The highest BCUT2D eigenvalue weighted by Gasteiger charge is 2.35. The number of nitrogens with one attached hydrogen (secondary N) is 1. The Morgan fingerprint density at radius 2 is 1.86 bits per heavy atom. The molecule has 0 unspecified atom stereocenters. The number of ether oxygens (including phenoxy) is 3. The van der Waals surface area contributed by atoms with Crippen LogP contribution in [-0.2, 0) is 20.9 Å². The maximum Gasteiger partial charge on any atom is 0.373 e. The van der Waals surface area contributed by atoms with Crippen LogP contribution in [0.1, 0.15) is 27.4 Å². The number of esters is 1. The van der Waals surface area contributed by atoms with Crippen LogP contribution in [-0.4, -0.2) is 37.1 Å². The van der Waals surface area contributed by atoms with E-state index in [1.165, 1.54) is 31.3 Å². The van der Waals surface area contributed by atoms with Crippen LogP contribution in [0.5, 0.6) is 11.5 Å². The largest absolute Gasteiger partial charge is 0.493 e. The molecule has 1 fully saturated rings. The normalized spacial score (nSPS) is 14.6. The van der Waals surface area contributed by atoms with Crippen LogP contribution in [0.2, 0.25) is 0 Å². The van der Waals surface area contributed by atoms with Crippen LogP contribution in [0.4, 0.5) is 5.69 Å². The van der Waals surface area contributed by atoms with Crippen molar-refractivity contribution >= 4 is 46.9 Å². The fourth-order valence-electron chi connectivity index (χ4n) is 3.57. The molecule has 3 aromatic rings. The Morgan fingerprint density at radius 1 is 1.08 bits per heavy atom. The fraction of sp³-hybridized carbons (Fsp3) is 0.154. The van der Waals surface area contributed by atoms with Gasteiger partial charge in [0.05, 0.1) is 19.9 Å². The molecule has 10 heteroatoms. The van der Waals surface area contributed by atoms with Gasteiger partial charge in [-0.2, -0.15) is 0 Å². The summed E-state index contributed by atoms with van der Waals surface area (Å²) < 4.78 is 21.2. The number of carbonyl (C=O) groups is 3. The average Bonchev–Trinajstić information content (AvgIpc) is 3.35. The monoisotopic (exact) mass is 506 g/mol. The highest BCUT2D eigenvalue weighted by molar-refractivity contribution is 7.80. The Kier molecular flexibility index (Phi) is 7.16. The molecule has 184 valence electrons. The lowest BCUT2D eigenvalue weighted by molar-refractivity contribution is -0.122. The quantitative estimate of drug-likeness (QED) is 0.223. The number of furan rings is 1. The number of carbonyl (C=O) groups excluding carboxylic acids is 3. The zero-order chi connectivity index (χ0) is 25.8. The van der Waals surface area contributed by atoms with E-state index in [4.69, 9.17) is 26.1 Å². The molecule has 2 amide bonds. The van der Waals surface area contributed by atoms with Crippen molar-refractivity contribution in [3.05, 3.63) is 82.8 Å². The van der Waals surface area contributed by atoms with E-state index in [9.17, 15) is 14.4 Å². The van der Waals surface area contributed by atoms with Gasteiger partial charge in [-0.15, -0.1) is 0 Å². The smallest absolute Gasteiger partial charge is 0.373 e. The van der Waals surface area contributed by atoms with E-state index in [-0.39, 0.29) is 23.1 Å². The van der Waals surface area contributed by atoms with Crippen LogP contribution in [0.25, 0.3) is 6.08 Å². The van der Waals surface area contributed by atoms with Gasteiger partial charge in [0.25, 0.3) is 11.8 Å². The molecular weight excluding hydrogens is 484 g/mol. The fourth-order valence-corrected chi connectivity index (χ4v) is 3.84. The van der Waals surface area contributed by atoms with Crippen molar-refractivity contribution in [3.63, 3.8) is 0 Å². The number of thiocarbonyl (C=S) groups is 1. The van der Waals surface area contributed by atoms with Crippen molar-refractivity contribution in [2.75, 3.05) is 19.1 Å². The summed E-state index contributed by atoms with van der Waals surface area (Å²) in [6.45, 7) is 1.89. The Morgan fingerprint density at radius 3 is 2.58 bits per heavy atom. The summed E-state index contributed by atoms with van der Waals surface area (Å²) in [6, 6.07) is 15.3. The van der Waals surface area contributed by atoms with Gasteiger partial charge in [0.1, 0.15) is 17.9 Å². The Balaban J connectivity index is 1.56. The maximum atomic E-state index is 13.3. The standard InChI is InChI=1S/C26H22N2O7S/c1-15-6-4-5-7-19(15)28-24(30)18(23(29)27-26(28)36)12-16-8-10-20(22(13-16)32-2)34-14-17-9-11-21(35-17)25(31)33-3/h4-13H,14H2,1-3H3,(H,27,29,36)/b18-12-. The molecule has 2 heterocycles. The second-order valence-corrected chi connectivity index (χ2v) is 8.09. The highest BCUT2D eigenvalue weighted by Crippen LogP contribution is 2.31. The summed E-state index contributed by atoms with van der Waals surface area (Å²) in [4.78, 5) is 38.7. The first-order valence-electron chi connectivity index (χ1n) is 10.8. The summed E-state index contributed by atoms with van der Waals surface area (Å²) in [5.41, 5.74) is 1.89. The van der Waals surface area contributed by atoms with Crippen molar-refractivity contribution in [1.29, 1.82) is 0 Å². The van der Waals surface area contributed by atoms with Gasteiger partial charge in [-0.3, -0.25) is 19.8 Å². The van der Waals surface area contributed by atoms with Crippen molar-refractivity contribution in [2.45, 2.75) is 13.5 Å². The number of benzene rings is 2. The number of hydrogen-bond donors (Lipinski definition) is 1. The van der Waals surface area contributed by atoms with Crippen molar-refractivity contribution in [2.24, 2.45) is 0 Å². The Bertz CT molecular complexity index is 1390. The van der Waals surface area contributed by atoms with Crippen LogP contribution < -0.4 is 19.7 Å². The number of hydrogen-bond acceptors (Lipinski definition) is 8. The van der Waals surface area contributed by atoms with Crippen molar-refractivity contribution < 1.29 is 33.0 Å². The topological polar surface area (TPSA) is 107 Å². The van der Waals surface area contributed by atoms with Crippen LogP contribution in [0.15, 0.2) is 64.6 Å². The average molecular weight is 507 g/mol. The van der Waals surface area contributed by atoms with Gasteiger partial charge in [0, 0.05) is 0 Å². The zero-order valence-electron chi connectivity index (χ0n) is 19.7. The van der Waals surface area contributed by atoms with Gasteiger partial charge >= 0.3 is 5.97 Å². The molecule has 1 N–H and O–H groups in total. The van der Waals surface area contributed by atoms with Gasteiger partial charge in [-0.25, -0.2) is 4.79 Å². The number of anilines is 1. The molecule has 2 aromatic carbocycles. The lowest BCUT2D eigenvalue weighted by Crippen LogP contribution is -2.54. The summed E-state index contributed by atoms with van der Waals surface area (Å²) in [6.07, 6.45) is 1.46. The molecule has 9 nitrogen and oxygen atoms in total. The van der Waals surface area contributed by atoms with Crippen LogP contribution in [0, 0.1) is 6.92 Å². The molecule has 0 aliphatic carbocycles. The minimum atomic E-state index is -0.589. The Hall–Kier alpha value is -4.44. The third-order valence-corrected chi connectivity index (χ3v) is 5.66. The van der Waals surface area contributed by atoms with Gasteiger partial charge in [-0.1, -0.05) is 24.3 Å². The number of amides is 2. The lowest BCUT2D eigenvalue weighted by atomic mass is 10.1. The highest BCUT2D eigenvalue weighted by atomic mass is 32.1. The molecule has 1 aromatic heterocycles. The van der Waals surface area contributed by atoms with Gasteiger partial charge in [0.15, 0.2) is 16.6 Å². The molecule has 0 atom stereocenters. The third kappa shape index (κ3) is 4.98. The number of rotatable bonds is 7. The predicted molar refractivity (Wildman–Crippen MR) is 135 cm³/mol. The molecular formula is C26H22N2O7S. The second-order valence-electron chi connectivity index (χ2n) is 7.70. The predicted octanol–water partition coefficient (Wildman–Crippen LogP) is 3.79. The van der Waals surface area contributed by atoms with E-state index < -0.39 is 17.8 Å². The molecule has 0 spiro atoms. The van der Waals surface area contributed by atoms with E-state index in [1.807, 2.05) is 19.1 Å². The number of para-hydroxylation sites is 1. The lowest BCUT2D eigenvalue weighted by Gasteiger charge is -2.30. The number of aryl methyl sites for hydroxylation is 1. The molecule has 0 radical (unpaired) electrons. The molecule has 1 aliphatic rings. The van der Waals surface area contributed by atoms with Crippen LogP contribution >= 0.6 is 12.2 Å². The first kappa shape index (κ1) is 24.7. The minimum absolute atomic E-state index is 0.0195. The summed E-state index contributed by atoms with van der Waals surface area (Å²) >= 11 is 5.27. The maximum absolute atomic E-state index is 13.3. The van der Waals surface area contributed by atoms with Gasteiger partial charge < -0.3 is 18.6 Å². The number of methoxy groups -OCH3 is 2. The van der Waals surface area contributed by atoms with Gasteiger partial charge in [0.2, 0.25) is 5.76 Å². The minimum Gasteiger partial charge on any atom is -0.493 e. The molecule has 0 saturated carbocycles. The number of nitrogens with zero attached hydrogens (tertiary/aromatic N) is 1. The first-order chi connectivity index (χ1) is 17.3. The summed E-state index contributed by atoms with van der Waals surface area (Å²) in [5.74, 6) is -0.443. The molecule has 1 aliphatic heterocycles. The second kappa shape index (κ2) is 10.4. The molecule has 36 heavy (non-hydrogen) atoms.